The standard InChI is InChI=1S/C9H18O/c1-7(2)8-4-3-5-9(10)6-8/h7-10H,3-6H2,1-2H3/t8?,9-/m1/s1. The van der Waals surface area contributed by atoms with Crippen LogP contribution < -0.4 is 0 Å². The second-order valence-electron chi connectivity index (χ2n) is 3.82. The van der Waals surface area contributed by atoms with E-state index in [1.54, 1.807) is 0 Å². The fraction of sp³-hybridized carbons (Fsp3) is 1.00. The van der Waals surface area contributed by atoms with Gasteiger partial charge in [-0.05, 0) is 24.7 Å². The van der Waals surface area contributed by atoms with Crippen molar-refractivity contribution in [1.29, 1.82) is 0 Å². The summed E-state index contributed by atoms with van der Waals surface area (Å²) in [5.74, 6) is 1.54. The third-order valence-electron chi connectivity index (χ3n) is 2.63. The summed E-state index contributed by atoms with van der Waals surface area (Å²) in [4.78, 5) is 0. The van der Waals surface area contributed by atoms with Crippen molar-refractivity contribution in [3.8, 4) is 0 Å². The van der Waals surface area contributed by atoms with Gasteiger partial charge in [0.05, 0.1) is 6.10 Å². The maximum Gasteiger partial charge on any atom is 0.0543 e. The number of aliphatic hydroxyl groups excluding tert-OH is 1. The molecule has 1 heteroatoms. The number of rotatable bonds is 1. The van der Waals surface area contributed by atoms with Crippen LogP contribution in [0.3, 0.4) is 0 Å². The third kappa shape index (κ3) is 1.98. The van der Waals surface area contributed by atoms with E-state index in [-0.39, 0.29) is 6.10 Å². The normalized spacial score (nSPS) is 34.8. The summed E-state index contributed by atoms with van der Waals surface area (Å²) in [6.45, 7) is 4.51. The van der Waals surface area contributed by atoms with Crippen molar-refractivity contribution in [2.75, 3.05) is 0 Å². The average Bonchev–Trinajstić information content (AvgIpc) is 1.88. The van der Waals surface area contributed by atoms with Crippen molar-refractivity contribution in [2.24, 2.45) is 11.8 Å². The highest BCUT2D eigenvalue weighted by Gasteiger charge is 2.21. The largest absolute Gasteiger partial charge is 0.393 e. The van der Waals surface area contributed by atoms with E-state index < -0.39 is 0 Å². The second-order valence-corrected chi connectivity index (χ2v) is 3.82. The summed E-state index contributed by atoms with van der Waals surface area (Å²) in [7, 11) is 0. The molecule has 0 aromatic carbocycles. The summed E-state index contributed by atoms with van der Waals surface area (Å²) in [5, 5.41) is 9.33. The third-order valence-corrected chi connectivity index (χ3v) is 2.63. The minimum Gasteiger partial charge on any atom is -0.393 e. The molecule has 0 saturated heterocycles. The van der Waals surface area contributed by atoms with Gasteiger partial charge in [0.25, 0.3) is 0 Å². The zero-order valence-electron chi connectivity index (χ0n) is 7.01. The van der Waals surface area contributed by atoms with Crippen molar-refractivity contribution in [2.45, 2.75) is 45.6 Å². The maximum atomic E-state index is 9.33. The van der Waals surface area contributed by atoms with Gasteiger partial charge < -0.3 is 5.11 Å². The molecular weight excluding hydrogens is 124 g/mol. The van der Waals surface area contributed by atoms with Crippen LogP contribution in [0.25, 0.3) is 0 Å². The van der Waals surface area contributed by atoms with Crippen LogP contribution in [0.4, 0.5) is 0 Å². The highest BCUT2D eigenvalue weighted by atomic mass is 16.3. The SMILES string of the molecule is CC(C)C1CCC[C@@H](O)C1. The van der Waals surface area contributed by atoms with Crippen LogP contribution in [-0.2, 0) is 0 Å². The molecule has 0 spiro atoms. The number of hydrogen-bond donors (Lipinski definition) is 1. The second kappa shape index (κ2) is 3.38. The van der Waals surface area contributed by atoms with Crippen LogP contribution in [-0.4, -0.2) is 11.2 Å². The predicted molar refractivity (Wildman–Crippen MR) is 42.8 cm³/mol. The first kappa shape index (κ1) is 8.06. The molecule has 0 radical (unpaired) electrons. The van der Waals surface area contributed by atoms with Crippen LogP contribution >= 0.6 is 0 Å². The molecule has 0 aromatic heterocycles. The maximum absolute atomic E-state index is 9.33. The zero-order valence-corrected chi connectivity index (χ0v) is 7.01. The Balaban J connectivity index is 2.32. The Hall–Kier alpha value is -0.0400. The lowest BCUT2D eigenvalue weighted by Gasteiger charge is -2.28. The molecule has 0 aliphatic heterocycles. The highest BCUT2D eigenvalue weighted by molar-refractivity contribution is 4.73. The molecule has 2 atom stereocenters. The Morgan fingerprint density at radius 3 is 2.40 bits per heavy atom. The fourth-order valence-electron chi connectivity index (χ4n) is 1.81. The van der Waals surface area contributed by atoms with Gasteiger partial charge in [0.1, 0.15) is 0 Å². The summed E-state index contributed by atoms with van der Waals surface area (Å²) in [6, 6.07) is 0. The molecule has 60 valence electrons. The molecule has 0 aromatic rings. The quantitative estimate of drug-likeness (QED) is 0.595. The van der Waals surface area contributed by atoms with Crippen LogP contribution in [0.2, 0.25) is 0 Å². The molecule has 0 heterocycles. The van der Waals surface area contributed by atoms with Crippen molar-refractivity contribution in [3.05, 3.63) is 0 Å². The van der Waals surface area contributed by atoms with Crippen LogP contribution in [0.5, 0.6) is 0 Å². The molecular formula is C9H18O. The zero-order chi connectivity index (χ0) is 7.56. The van der Waals surface area contributed by atoms with Crippen molar-refractivity contribution in [3.63, 3.8) is 0 Å². The van der Waals surface area contributed by atoms with E-state index in [2.05, 4.69) is 13.8 Å². The van der Waals surface area contributed by atoms with Crippen LogP contribution in [0, 0.1) is 11.8 Å². The van der Waals surface area contributed by atoms with E-state index in [1.807, 2.05) is 0 Å². The van der Waals surface area contributed by atoms with Crippen molar-refractivity contribution >= 4 is 0 Å². The van der Waals surface area contributed by atoms with E-state index in [9.17, 15) is 5.11 Å². The van der Waals surface area contributed by atoms with E-state index >= 15 is 0 Å². The molecule has 0 bridgehead atoms. The lowest BCUT2D eigenvalue weighted by atomic mass is 9.80. The van der Waals surface area contributed by atoms with E-state index in [4.69, 9.17) is 0 Å². The first-order chi connectivity index (χ1) is 4.70. The Morgan fingerprint density at radius 2 is 2.00 bits per heavy atom. The topological polar surface area (TPSA) is 20.2 Å². The van der Waals surface area contributed by atoms with E-state index in [1.165, 1.54) is 12.8 Å². The van der Waals surface area contributed by atoms with Crippen LogP contribution in [0.1, 0.15) is 39.5 Å². The summed E-state index contributed by atoms with van der Waals surface area (Å²) >= 11 is 0. The first-order valence-corrected chi connectivity index (χ1v) is 4.38. The van der Waals surface area contributed by atoms with Gasteiger partial charge in [-0.1, -0.05) is 26.7 Å². The van der Waals surface area contributed by atoms with Gasteiger partial charge >= 0.3 is 0 Å². The molecule has 1 unspecified atom stereocenters. The van der Waals surface area contributed by atoms with Gasteiger partial charge in [0.2, 0.25) is 0 Å². The van der Waals surface area contributed by atoms with Gasteiger partial charge in [-0.15, -0.1) is 0 Å². The van der Waals surface area contributed by atoms with Gasteiger partial charge in [0, 0.05) is 0 Å². The Kier molecular flexibility index (Phi) is 2.72. The van der Waals surface area contributed by atoms with Gasteiger partial charge in [-0.25, -0.2) is 0 Å². The molecule has 1 rings (SSSR count). The lowest BCUT2D eigenvalue weighted by Crippen LogP contribution is -2.22. The molecule has 10 heavy (non-hydrogen) atoms. The minimum absolute atomic E-state index is 0.00106. The minimum atomic E-state index is 0.00106. The van der Waals surface area contributed by atoms with E-state index in [0.29, 0.717) is 0 Å². The Morgan fingerprint density at radius 1 is 1.30 bits per heavy atom. The van der Waals surface area contributed by atoms with Crippen LogP contribution in [0.15, 0.2) is 0 Å². The monoisotopic (exact) mass is 142 g/mol. The summed E-state index contributed by atoms with van der Waals surface area (Å²) < 4.78 is 0. The van der Waals surface area contributed by atoms with E-state index in [0.717, 1.165) is 24.7 Å². The molecule has 1 aliphatic carbocycles. The molecule has 1 N–H and O–H groups in total. The summed E-state index contributed by atoms with van der Waals surface area (Å²) in [6.07, 6.45) is 4.63. The molecule has 0 amide bonds. The fourth-order valence-corrected chi connectivity index (χ4v) is 1.81. The molecule has 1 saturated carbocycles. The summed E-state index contributed by atoms with van der Waals surface area (Å²) in [5.41, 5.74) is 0. The number of aliphatic hydroxyl groups is 1. The van der Waals surface area contributed by atoms with Gasteiger partial charge in [0.15, 0.2) is 0 Å². The molecule has 1 fully saturated rings. The molecule has 1 aliphatic rings. The lowest BCUT2D eigenvalue weighted by molar-refractivity contribution is 0.0858. The first-order valence-electron chi connectivity index (χ1n) is 4.38. The Bertz CT molecular complexity index is 98.9. The Labute approximate surface area is 63.4 Å². The van der Waals surface area contributed by atoms with Gasteiger partial charge in [-0.2, -0.15) is 0 Å². The van der Waals surface area contributed by atoms with Crippen molar-refractivity contribution in [1.82, 2.24) is 0 Å². The number of hydrogen-bond acceptors (Lipinski definition) is 1. The average molecular weight is 142 g/mol. The van der Waals surface area contributed by atoms with Gasteiger partial charge in [-0.3, -0.25) is 0 Å². The molecule has 1 nitrogen and oxygen atoms in total. The smallest absolute Gasteiger partial charge is 0.0543 e. The highest BCUT2D eigenvalue weighted by Crippen LogP contribution is 2.29. The van der Waals surface area contributed by atoms with Crippen molar-refractivity contribution < 1.29 is 5.11 Å². The predicted octanol–water partition coefficient (Wildman–Crippen LogP) is 2.19.